The zero-order valence-electron chi connectivity index (χ0n) is 13.0. The smallest absolute Gasteiger partial charge is 0.276 e. The number of piperazine rings is 1. The Hall–Kier alpha value is -0.880. The van der Waals surface area contributed by atoms with Crippen molar-refractivity contribution in [3.63, 3.8) is 0 Å². The number of hydrogen-bond donors (Lipinski definition) is 1. The Morgan fingerprint density at radius 1 is 1.17 bits per heavy atom. The summed E-state index contributed by atoms with van der Waals surface area (Å²) in [7, 11) is 0. The van der Waals surface area contributed by atoms with Gasteiger partial charge in [0, 0.05) is 37.6 Å². The van der Waals surface area contributed by atoms with Crippen LogP contribution in [0, 0.1) is 0 Å². The van der Waals surface area contributed by atoms with Crippen molar-refractivity contribution in [2.24, 2.45) is 0 Å². The van der Waals surface area contributed by atoms with E-state index in [1.165, 1.54) is 0 Å². The zero-order chi connectivity index (χ0) is 17.9. The van der Waals surface area contributed by atoms with Gasteiger partial charge in [0.1, 0.15) is 0 Å². The van der Waals surface area contributed by atoms with Crippen molar-refractivity contribution in [3.05, 3.63) is 23.2 Å². The average molecular weight is 413 g/mol. The van der Waals surface area contributed by atoms with Crippen molar-refractivity contribution >= 4 is 69.6 Å². The molecule has 0 aromatic heterocycles. The molecule has 1 N–H and O–H groups in total. The molecule has 9 heteroatoms. The van der Waals surface area contributed by atoms with E-state index in [9.17, 15) is 9.59 Å². The summed E-state index contributed by atoms with van der Waals surface area (Å²) in [6.45, 7) is 4.37. The topological polar surface area (TPSA) is 52.7 Å². The maximum absolute atomic E-state index is 11.9. The fraction of sp³-hybridized carbons (Fsp3) is 0.467. The third-order valence-electron chi connectivity index (χ3n) is 3.74. The van der Waals surface area contributed by atoms with Crippen LogP contribution in [0.5, 0.6) is 0 Å². The Kier molecular flexibility index (Phi) is 6.48. The largest absolute Gasteiger partial charge is 0.366 e. The Morgan fingerprint density at radius 3 is 2.33 bits per heavy atom. The number of amides is 2. The molecule has 2 amide bonds. The average Bonchev–Trinajstić information content (AvgIpc) is 2.53. The van der Waals surface area contributed by atoms with Gasteiger partial charge in [-0.15, -0.1) is 0 Å². The maximum atomic E-state index is 11.9. The van der Waals surface area contributed by atoms with Gasteiger partial charge in [-0.2, -0.15) is 0 Å². The molecule has 0 unspecified atom stereocenters. The number of nitrogens with zero attached hydrogens (tertiary/aromatic N) is 2. The van der Waals surface area contributed by atoms with Crippen molar-refractivity contribution in [1.29, 1.82) is 0 Å². The third-order valence-corrected chi connectivity index (χ3v) is 4.49. The normalized spacial score (nSPS) is 15.4. The van der Waals surface area contributed by atoms with E-state index >= 15 is 0 Å². The lowest BCUT2D eigenvalue weighted by Gasteiger charge is -2.37. The van der Waals surface area contributed by atoms with Crippen molar-refractivity contribution in [3.8, 4) is 0 Å². The van der Waals surface area contributed by atoms with Crippen LogP contribution in [0.25, 0.3) is 0 Å². The second-order valence-electron chi connectivity index (χ2n) is 5.33. The summed E-state index contributed by atoms with van der Waals surface area (Å²) in [6.07, 6.45) is 0.492. The minimum Gasteiger partial charge on any atom is -0.366 e. The molecule has 1 aromatic carbocycles. The standard InChI is InChI=1S/C15H17Cl4N3O2/c1-2-13(23)22-7-5-21(6-8-22)12-4-3-10(16)9-11(12)20-14(24)15(17,18)19/h3-4,9H,2,5-8H2,1H3,(H,20,24). The Labute approximate surface area is 160 Å². The predicted molar refractivity (Wildman–Crippen MR) is 99.5 cm³/mol. The van der Waals surface area contributed by atoms with Crippen LogP contribution in [0.3, 0.4) is 0 Å². The zero-order valence-corrected chi connectivity index (χ0v) is 16.0. The number of carbonyl (C=O) groups excluding carboxylic acids is 2. The molecule has 132 valence electrons. The fourth-order valence-corrected chi connectivity index (χ4v) is 2.81. The molecule has 1 saturated heterocycles. The summed E-state index contributed by atoms with van der Waals surface area (Å²) < 4.78 is -2.06. The first-order valence-electron chi connectivity index (χ1n) is 7.42. The first-order chi connectivity index (χ1) is 11.2. The number of halogens is 4. The number of anilines is 2. The summed E-state index contributed by atoms with van der Waals surface area (Å²) in [6, 6.07) is 5.13. The molecule has 0 bridgehead atoms. The van der Waals surface area contributed by atoms with E-state index < -0.39 is 9.70 Å². The van der Waals surface area contributed by atoms with Crippen LogP contribution >= 0.6 is 46.4 Å². The molecule has 0 spiro atoms. The number of alkyl halides is 3. The van der Waals surface area contributed by atoms with Gasteiger partial charge in [-0.3, -0.25) is 9.59 Å². The van der Waals surface area contributed by atoms with Gasteiger partial charge in [0.15, 0.2) is 0 Å². The number of rotatable bonds is 3. The van der Waals surface area contributed by atoms with Crippen LogP contribution in [0.4, 0.5) is 11.4 Å². The summed E-state index contributed by atoms with van der Waals surface area (Å²) in [5.41, 5.74) is 1.24. The van der Waals surface area contributed by atoms with Gasteiger partial charge in [0.25, 0.3) is 9.70 Å². The minimum absolute atomic E-state index is 0.135. The second kappa shape index (κ2) is 8.00. The molecule has 0 aliphatic carbocycles. The number of carbonyl (C=O) groups is 2. The van der Waals surface area contributed by atoms with E-state index in [4.69, 9.17) is 46.4 Å². The van der Waals surface area contributed by atoms with Gasteiger partial charge >= 0.3 is 0 Å². The van der Waals surface area contributed by atoms with Crippen molar-refractivity contribution in [2.45, 2.75) is 17.1 Å². The van der Waals surface area contributed by atoms with Crippen LogP contribution in [0.1, 0.15) is 13.3 Å². The van der Waals surface area contributed by atoms with Crippen LogP contribution in [-0.2, 0) is 9.59 Å². The van der Waals surface area contributed by atoms with Crippen molar-refractivity contribution in [2.75, 3.05) is 36.4 Å². The molecule has 1 aromatic rings. The van der Waals surface area contributed by atoms with E-state index in [0.29, 0.717) is 43.3 Å². The van der Waals surface area contributed by atoms with Crippen molar-refractivity contribution in [1.82, 2.24) is 4.90 Å². The monoisotopic (exact) mass is 411 g/mol. The predicted octanol–water partition coefficient (Wildman–Crippen LogP) is 3.71. The molecule has 5 nitrogen and oxygen atoms in total. The SMILES string of the molecule is CCC(=O)N1CCN(c2ccc(Cl)cc2NC(=O)C(Cl)(Cl)Cl)CC1. The van der Waals surface area contributed by atoms with Gasteiger partial charge in [0.2, 0.25) is 5.91 Å². The van der Waals surface area contributed by atoms with Gasteiger partial charge in [-0.25, -0.2) is 0 Å². The molecular formula is C15H17Cl4N3O2. The summed E-state index contributed by atoms with van der Waals surface area (Å²) >= 11 is 22.8. The van der Waals surface area contributed by atoms with E-state index in [-0.39, 0.29) is 5.91 Å². The molecule has 0 radical (unpaired) electrons. The lowest BCUT2D eigenvalue weighted by Crippen LogP contribution is -2.48. The first-order valence-corrected chi connectivity index (χ1v) is 8.94. The molecule has 1 fully saturated rings. The molecular weight excluding hydrogens is 396 g/mol. The lowest BCUT2D eigenvalue weighted by molar-refractivity contribution is -0.131. The van der Waals surface area contributed by atoms with Gasteiger partial charge in [-0.05, 0) is 18.2 Å². The third kappa shape index (κ3) is 4.82. The number of nitrogens with one attached hydrogen (secondary N) is 1. The fourth-order valence-electron chi connectivity index (χ4n) is 2.50. The van der Waals surface area contributed by atoms with E-state index in [2.05, 4.69) is 10.2 Å². The Morgan fingerprint density at radius 2 is 1.79 bits per heavy atom. The van der Waals surface area contributed by atoms with E-state index in [1.54, 1.807) is 18.2 Å². The van der Waals surface area contributed by atoms with Gasteiger partial charge in [0.05, 0.1) is 11.4 Å². The van der Waals surface area contributed by atoms with Crippen LogP contribution in [0.2, 0.25) is 5.02 Å². The molecule has 1 aliphatic rings. The van der Waals surface area contributed by atoms with Crippen LogP contribution in [0.15, 0.2) is 18.2 Å². The molecule has 2 rings (SSSR count). The molecule has 24 heavy (non-hydrogen) atoms. The quantitative estimate of drug-likeness (QED) is 0.770. The number of benzene rings is 1. The summed E-state index contributed by atoms with van der Waals surface area (Å²) in [4.78, 5) is 27.6. The van der Waals surface area contributed by atoms with E-state index in [0.717, 1.165) is 5.69 Å². The summed E-state index contributed by atoms with van der Waals surface area (Å²) in [5.74, 6) is -0.619. The second-order valence-corrected chi connectivity index (χ2v) is 8.05. The highest BCUT2D eigenvalue weighted by Crippen LogP contribution is 2.33. The first kappa shape index (κ1) is 19.4. The van der Waals surface area contributed by atoms with Gasteiger partial charge in [-0.1, -0.05) is 53.3 Å². The number of hydrogen-bond acceptors (Lipinski definition) is 3. The van der Waals surface area contributed by atoms with Crippen molar-refractivity contribution < 1.29 is 9.59 Å². The molecule has 0 atom stereocenters. The minimum atomic E-state index is -2.06. The summed E-state index contributed by atoms with van der Waals surface area (Å²) in [5, 5.41) is 3.05. The van der Waals surface area contributed by atoms with E-state index in [1.807, 2.05) is 11.8 Å². The molecule has 1 heterocycles. The lowest BCUT2D eigenvalue weighted by atomic mass is 10.2. The Balaban J connectivity index is 2.16. The van der Waals surface area contributed by atoms with Crippen LogP contribution < -0.4 is 10.2 Å². The Bertz CT molecular complexity index is 626. The van der Waals surface area contributed by atoms with Gasteiger partial charge < -0.3 is 15.1 Å². The highest BCUT2D eigenvalue weighted by molar-refractivity contribution is 6.76. The maximum Gasteiger partial charge on any atom is 0.276 e. The molecule has 1 aliphatic heterocycles. The highest BCUT2D eigenvalue weighted by Gasteiger charge is 2.32. The molecule has 0 saturated carbocycles. The van der Waals surface area contributed by atoms with Crippen LogP contribution in [-0.4, -0.2) is 46.7 Å². The highest BCUT2D eigenvalue weighted by atomic mass is 35.6.